The van der Waals surface area contributed by atoms with Crippen LogP contribution in [-0.2, 0) is 6.42 Å². The van der Waals surface area contributed by atoms with E-state index < -0.39 is 0 Å². The quantitative estimate of drug-likeness (QED) is 0.706. The van der Waals surface area contributed by atoms with Crippen molar-refractivity contribution in [1.82, 2.24) is 9.88 Å². The minimum absolute atomic E-state index is 0.611. The van der Waals surface area contributed by atoms with Crippen LogP contribution in [-0.4, -0.2) is 23.0 Å². The van der Waals surface area contributed by atoms with Gasteiger partial charge in [-0.15, -0.1) is 0 Å². The zero-order valence-corrected chi connectivity index (χ0v) is 11.4. The largest absolute Gasteiger partial charge is 0.357 e. The number of nitrogens with zero attached hydrogens (tertiary/aromatic N) is 1. The predicted molar refractivity (Wildman–Crippen MR) is 79.3 cm³/mol. The van der Waals surface area contributed by atoms with Crippen molar-refractivity contribution in [2.45, 2.75) is 32.2 Å². The van der Waals surface area contributed by atoms with E-state index in [0.29, 0.717) is 6.04 Å². The van der Waals surface area contributed by atoms with Crippen LogP contribution in [0, 0.1) is 0 Å². The molecule has 1 aromatic heterocycles. The molecule has 0 aliphatic carbocycles. The van der Waals surface area contributed by atoms with Crippen LogP contribution in [0.5, 0.6) is 0 Å². The maximum atomic E-state index is 3.69. The van der Waals surface area contributed by atoms with Gasteiger partial charge in [0.2, 0.25) is 0 Å². The molecule has 0 amide bonds. The van der Waals surface area contributed by atoms with E-state index in [1.807, 2.05) is 0 Å². The van der Waals surface area contributed by atoms with Crippen LogP contribution in [0.1, 0.15) is 37.1 Å². The average molecular weight is 252 g/mol. The molecule has 1 saturated heterocycles. The lowest BCUT2D eigenvalue weighted by Gasteiger charge is -2.40. The Morgan fingerprint density at radius 1 is 1.26 bits per heavy atom. The van der Waals surface area contributed by atoms with E-state index in [0.717, 1.165) is 6.54 Å². The SMILES string of the molecule is C/C=C1/CC[C@H]2c3[nH]c4ccccc4c3CCN2C1. The first kappa shape index (κ1) is 11.3. The van der Waals surface area contributed by atoms with Crippen molar-refractivity contribution in [3.63, 3.8) is 0 Å². The zero-order valence-electron chi connectivity index (χ0n) is 11.4. The summed E-state index contributed by atoms with van der Waals surface area (Å²) < 4.78 is 0. The van der Waals surface area contributed by atoms with Crippen LogP contribution in [0.15, 0.2) is 35.9 Å². The van der Waals surface area contributed by atoms with Gasteiger partial charge in [-0.2, -0.15) is 0 Å². The van der Waals surface area contributed by atoms with E-state index >= 15 is 0 Å². The Labute approximate surface area is 114 Å². The monoisotopic (exact) mass is 252 g/mol. The van der Waals surface area contributed by atoms with Crippen LogP contribution in [0.4, 0.5) is 0 Å². The van der Waals surface area contributed by atoms with Gasteiger partial charge in [0.1, 0.15) is 0 Å². The highest BCUT2D eigenvalue weighted by atomic mass is 15.2. The lowest BCUT2D eigenvalue weighted by molar-refractivity contribution is 0.165. The fourth-order valence-corrected chi connectivity index (χ4v) is 3.78. The smallest absolute Gasteiger partial charge is 0.0508 e. The second kappa shape index (κ2) is 4.24. The van der Waals surface area contributed by atoms with Crippen molar-refractivity contribution >= 4 is 10.9 Å². The molecule has 0 unspecified atom stereocenters. The molecule has 1 atom stereocenters. The molecular formula is C17H20N2. The van der Waals surface area contributed by atoms with Gasteiger partial charge in [-0.05, 0) is 37.8 Å². The van der Waals surface area contributed by atoms with Gasteiger partial charge in [0, 0.05) is 29.7 Å². The molecular weight excluding hydrogens is 232 g/mol. The molecule has 0 saturated carbocycles. The van der Waals surface area contributed by atoms with E-state index in [1.165, 1.54) is 42.4 Å². The summed E-state index contributed by atoms with van der Waals surface area (Å²) in [6.45, 7) is 4.54. The molecule has 1 N–H and O–H groups in total. The second-order valence-electron chi connectivity index (χ2n) is 5.78. The summed E-state index contributed by atoms with van der Waals surface area (Å²) in [6, 6.07) is 9.36. The number of H-pyrrole nitrogens is 1. The lowest BCUT2D eigenvalue weighted by Crippen LogP contribution is -2.39. The molecule has 3 heterocycles. The Balaban J connectivity index is 1.79. The second-order valence-corrected chi connectivity index (χ2v) is 5.78. The summed E-state index contributed by atoms with van der Waals surface area (Å²) in [5.41, 5.74) is 5.98. The first-order valence-electron chi connectivity index (χ1n) is 7.34. The number of hydrogen-bond donors (Lipinski definition) is 1. The number of rotatable bonds is 0. The van der Waals surface area contributed by atoms with Gasteiger partial charge in [-0.1, -0.05) is 29.8 Å². The number of para-hydroxylation sites is 1. The summed E-state index contributed by atoms with van der Waals surface area (Å²) in [6.07, 6.45) is 6.01. The standard InChI is InChI=1S/C17H20N2/c1-2-12-7-8-16-17-14(9-10-19(16)11-12)13-5-3-4-6-15(13)18-17/h2-6,16,18H,7-11H2,1H3/b12-2-/t16-/m0/s1. The van der Waals surface area contributed by atoms with Crippen molar-refractivity contribution in [1.29, 1.82) is 0 Å². The van der Waals surface area contributed by atoms with Gasteiger partial charge in [-0.3, -0.25) is 4.90 Å². The summed E-state index contributed by atoms with van der Waals surface area (Å²) in [7, 11) is 0. The summed E-state index contributed by atoms with van der Waals surface area (Å²) >= 11 is 0. The van der Waals surface area contributed by atoms with Gasteiger partial charge < -0.3 is 4.98 Å². The zero-order chi connectivity index (χ0) is 12.8. The number of aromatic amines is 1. The van der Waals surface area contributed by atoms with Gasteiger partial charge in [0.25, 0.3) is 0 Å². The Morgan fingerprint density at radius 3 is 3.05 bits per heavy atom. The predicted octanol–water partition coefficient (Wildman–Crippen LogP) is 3.81. The topological polar surface area (TPSA) is 19.0 Å². The van der Waals surface area contributed by atoms with Crippen LogP contribution >= 0.6 is 0 Å². The molecule has 4 rings (SSSR count). The molecule has 2 heteroatoms. The van der Waals surface area contributed by atoms with Crippen LogP contribution < -0.4 is 0 Å². The first-order valence-corrected chi connectivity index (χ1v) is 7.34. The Morgan fingerprint density at radius 2 is 2.16 bits per heavy atom. The fourth-order valence-electron chi connectivity index (χ4n) is 3.78. The van der Waals surface area contributed by atoms with E-state index in [2.05, 4.69) is 47.1 Å². The molecule has 2 aromatic rings. The average Bonchev–Trinajstić information content (AvgIpc) is 2.85. The molecule has 0 bridgehead atoms. The Bertz CT molecular complexity index is 650. The van der Waals surface area contributed by atoms with Crippen LogP contribution in [0.3, 0.4) is 0 Å². The third-order valence-corrected chi connectivity index (χ3v) is 4.82. The maximum Gasteiger partial charge on any atom is 0.0508 e. The highest BCUT2D eigenvalue weighted by Crippen LogP contribution is 2.40. The molecule has 19 heavy (non-hydrogen) atoms. The Hall–Kier alpha value is -1.54. The van der Waals surface area contributed by atoms with E-state index in [9.17, 15) is 0 Å². The van der Waals surface area contributed by atoms with E-state index in [-0.39, 0.29) is 0 Å². The summed E-state index contributed by atoms with van der Waals surface area (Å²) in [5, 5.41) is 1.44. The van der Waals surface area contributed by atoms with Gasteiger partial charge in [0.05, 0.1) is 6.04 Å². The molecule has 2 aliphatic rings. The van der Waals surface area contributed by atoms with Crippen molar-refractivity contribution in [2.75, 3.05) is 13.1 Å². The van der Waals surface area contributed by atoms with Crippen LogP contribution in [0.25, 0.3) is 10.9 Å². The highest BCUT2D eigenvalue weighted by molar-refractivity contribution is 5.85. The normalized spacial score (nSPS) is 25.5. The van der Waals surface area contributed by atoms with Gasteiger partial charge >= 0.3 is 0 Å². The number of allylic oxidation sites excluding steroid dienone is 1. The minimum atomic E-state index is 0.611. The number of hydrogen-bond acceptors (Lipinski definition) is 1. The van der Waals surface area contributed by atoms with E-state index in [4.69, 9.17) is 0 Å². The molecule has 2 nitrogen and oxygen atoms in total. The number of benzene rings is 1. The maximum absolute atomic E-state index is 3.69. The summed E-state index contributed by atoms with van der Waals surface area (Å²) in [5.74, 6) is 0. The van der Waals surface area contributed by atoms with Gasteiger partial charge in [-0.25, -0.2) is 0 Å². The number of aromatic nitrogens is 1. The van der Waals surface area contributed by atoms with Gasteiger partial charge in [0.15, 0.2) is 0 Å². The number of nitrogens with one attached hydrogen (secondary N) is 1. The van der Waals surface area contributed by atoms with Crippen molar-refractivity contribution in [3.05, 3.63) is 47.2 Å². The summed E-state index contributed by atoms with van der Waals surface area (Å²) in [4.78, 5) is 6.34. The molecule has 1 fully saturated rings. The molecule has 0 radical (unpaired) electrons. The lowest BCUT2D eigenvalue weighted by atomic mass is 9.89. The number of piperidine rings is 1. The van der Waals surface area contributed by atoms with Crippen LogP contribution in [0.2, 0.25) is 0 Å². The van der Waals surface area contributed by atoms with E-state index in [1.54, 1.807) is 11.1 Å². The minimum Gasteiger partial charge on any atom is -0.357 e. The van der Waals surface area contributed by atoms with Crippen molar-refractivity contribution in [3.8, 4) is 0 Å². The number of fused-ring (bicyclic) bond motifs is 5. The molecule has 1 aromatic carbocycles. The third kappa shape index (κ3) is 1.67. The van der Waals surface area contributed by atoms with Crippen molar-refractivity contribution < 1.29 is 0 Å². The fraction of sp³-hybridized carbons (Fsp3) is 0.412. The molecule has 2 aliphatic heterocycles. The molecule has 98 valence electrons. The third-order valence-electron chi connectivity index (χ3n) is 4.82. The van der Waals surface area contributed by atoms with Crippen molar-refractivity contribution in [2.24, 2.45) is 0 Å². The Kier molecular flexibility index (Phi) is 2.52. The molecule has 0 spiro atoms. The highest BCUT2D eigenvalue weighted by Gasteiger charge is 2.32. The first-order chi connectivity index (χ1) is 9.36.